The molecule has 0 N–H and O–H groups in total. The van der Waals surface area contributed by atoms with Crippen LogP contribution in [-0.2, 0) is 0 Å². The maximum Gasteiger partial charge on any atom is 0.0636 e. The van der Waals surface area contributed by atoms with E-state index in [1.54, 1.807) is 0 Å². The molecular formula is C36H24. The van der Waals surface area contributed by atoms with Gasteiger partial charge in [0.1, 0.15) is 0 Å². The highest BCUT2D eigenvalue weighted by Gasteiger charge is 2.17. The molecule has 0 aliphatic rings. The first-order valence-electron chi connectivity index (χ1n) is 15.8. The topological polar surface area (TPSA) is 0 Å². The Labute approximate surface area is 222 Å². The van der Waals surface area contributed by atoms with Gasteiger partial charge in [0.15, 0.2) is 0 Å². The number of hydrogen-bond acceptors (Lipinski definition) is 0. The lowest BCUT2D eigenvalue weighted by Gasteiger charge is -2.19. The van der Waals surface area contributed by atoms with E-state index in [1.165, 1.54) is 0 Å². The van der Waals surface area contributed by atoms with Gasteiger partial charge in [-0.15, -0.1) is 0 Å². The van der Waals surface area contributed by atoms with E-state index in [9.17, 15) is 2.74 Å². The van der Waals surface area contributed by atoms with Gasteiger partial charge < -0.3 is 0 Å². The Kier molecular flexibility index (Phi) is 3.32. The average Bonchev–Trinajstić information content (AvgIpc) is 3.05. The molecular weight excluding hydrogens is 432 g/mol. The van der Waals surface area contributed by atoms with Crippen molar-refractivity contribution in [3.8, 4) is 33.4 Å². The van der Waals surface area contributed by atoms with Crippen LogP contribution in [0.4, 0.5) is 0 Å². The predicted octanol–water partition coefficient (Wildman–Crippen LogP) is 10.1. The van der Waals surface area contributed by atoms with Crippen molar-refractivity contribution in [2.45, 2.75) is 0 Å². The van der Waals surface area contributed by atoms with Crippen molar-refractivity contribution in [2.24, 2.45) is 0 Å². The molecule has 0 aliphatic heterocycles. The van der Waals surface area contributed by atoms with E-state index in [2.05, 4.69) is 0 Å². The molecule has 0 nitrogen and oxygen atoms in total. The summed E-state index contributed by atoms with van der Waals surface area (Å²) in [5, 5.41) is 2.28. The Balaban J connectivity index is 1.84. The van der Waals surface area contributed by atoms with Crippen LogP contribution in [0.5, 0.6) is 0 Å². The largest absolute Gasteiger partial charge is 0.0636 e. The van der Waals surface area contributed by atoms with Gasteiger partial charge in [-0.05, 0) is 71.7 Å². The van der Waals surface area contributed by atoms with Crippen molar-refractivity contribution in [2.75, 3.05) is 0 Å². The molecule has 0 saturated carbocycles. The van der Waals surface area contributed by atoms with E-state index in [0.29, 0.717) is 27.6 Å². The summed E-state index contributed by atoms with van der Waals surface area (Å²) < 4.78 is 71.4. The van der Waals surface area contributed by atoms with Crippen molar-refractivity contribution < 1.29 is 11.0 Å². The second-order valence-corrected chi connectivity index (χ2v) is 8.69. The van der Waals surface area contributed by atoms with Crippen LogP contribution < -0.4 is 0 Å². The summed E-state index contributed by atoms with van der Waals surface area (Å²) >= 11 is 0. The summed E-state index contributed by atoms with van der Waals surface area (Å²) in [6.45, 7) is 0. The molecule has 36 heavy (non-hydrogen) atoms. The summed E-state index contributed by atoms with van der Waals surface area (Å²) in [7, 11) is 0. The molecule has 0 spiro atoms. The zero-order valence-corrected chi connectivity index (χ0v) is 19.2. The van der Waals surface area contributed by atoms with E-state index in [4.69, 9.17) is 8.22 Å². The van der Waals surface area contributed by atoms with Gasteiger partial charge in [0, 0.05) is 0 Å². The zero-order valence-electron chi connectivity index (χ0n) is 27.2. The highest BCUT2D eigenvalue weighted by molar-refractivity contribution is 6.21. The quantitative estimate of drug-likeness (QED) is 0.228. The normalized spacial score (nSPS) is 14.4. The molecule has 7 aromatic carbocycles. The van der Waals surface area contributed by atoms with Gasteiger partial charge in [0.25, 0.3) is 0 Å². The molecule has 0 heterocycles. The molecule has 0 fully saturated rings. The summed E-state index contributed by atoms with van der Waals surface area (Å²) in [5.74, 6) is 0. The van der Waals surface area contributed by atoms with E-state index in [-0.39, 0.29) is 52.4 Å². The molecule has 0 saturated heterocycles. The van der Waals surface area contributed by atoms with Crippen LogP contribution in [0.25, 0.3) is 65.7 Å². The summed E-state index contributed by atoms with van der Waals surface area (Å²) in [4.78, 5) is 0. The van der Waals surface area contributed by atoms with E-state index in [0.717, 1.165) is 21.9 Å². The van der Waals surface area contributed by atoms with Crippen LogP contribution in [0.1, 0.15) is 11.0 Å². The molecule has 0 heteroatoms. The summed E-state index contributed by atoms with van der Waals surface area (Å²) in [6.07, 6.45) is 0. The highest BCUT2D eigenvalue weighted by Crippen LogP contribution is 2.45. The molecule has 0 radical (unpaired) electrons. The van der Waals surface area contributed by atoms with Gasteiger partial charge in [0.2, 0.25) is 0 Å². The Morgan fingerprint density at radius 2 is 1.11 bits per heavy atom. The number of rotatable bonds is 3. The van der Waals surface area contributed by atoms with Gasteiger partial charge in [-0.2, -0.15) is 0 Å². The smallest absolute Gasteiger partial charge is 0.0622 e. The molecule has 0 atom stereocenters. The Bertz CT molecular complexity index is 2300. The van der Waals surface area contributed by atoms with Crippen molar-refractivity contribution in [1.29, 1.82) is 0 Å². The summed E-state index contributed by atoms with van der Waals surface area (Å²) in [6, 6.07) is 27.9. The van der Waals surface area contributed by atoms with Crippen LogP contribution in [0.3, 0.4) is 0 Å². The minimum absolute atomic E-state index is 0.0145. The van der Waals surface area contributed by atoms with E-state index >= 15 is 0 Å². The first kappa shape index (κ1) is 14.0. The second-order valence-electron chi connectivity index (χ2n) is 8.69. The highest BCUT2D eigenvalue weighted by atomic mass is 14.2. The van der Waals surface area contributed by atoms with Crippen LogP contribution in [0.2, 0.25) is 0 Å². The first-order valence-corrected chi connectivity index (χ1v) is 11.8. The van der Waals surface area contributed by atoms with Gasteiger partial charge >= 0.3 is 0 Å². The Hall–Kier alpha value is -4.68. The van der Waals surface area contributed by atoms with Gasteiger partial charge in [0.05, 0.1) is 11.0 Å². The van der Waals surface area contributed by atoms with Gasteiger partial charge in [-0.25, -0.2) is 0 Å². The van der Waals surface area contributed by atoms with Crippen LogP contribution in [0.15, 0.2) is 145 Å². The van der Waals surface area contributed by atoms with Crippen LogP contribution in [-0.4, -0.2) is 0 Å². The maximum absolute atomic E-state index is 9.33. The van der Waals surface area contributed by atoms with Crippen LogP contribution in [0, 0.1) is 0 Å². The van der Waals surface area contributed by atoms with Crippen molar-refractivity contribution in [3.63, 3.8) is 0 Å². The van der Waals surface area contributed by atoms with Gasteiger partial charge in [-0.3, -0.25) is 0 Å². The molecule has 0 bridgehead atoms. The Morgan fingerprint density at radius 1 is 0.417 bits per heavy atom. The van der Waals surface area contributed by atoms with Crippen molar-refractivity contribution in [1.82, 2.24) is 0 Å². The molecule has 168 valence electrons. The lowest BCUT2D eigenvalue weighted by atomic mass is 9.84. The van der Waals surface area contributed by atoms with Gasteiger partial charge in [-0.1, -0.05) is 139 Å². The summed E-state index contributed by atoms with van der Waals surface area (Å²) in [5.41, 5.74) is 3.71. The second kappa shape index (κ2) is 8.52. The monoisotopic (exact) mass is 464 g/mol. The average molecular weight is 465 g/mol. The first-order chi connectivity index (χ1) is 21.2. The third kappa shape index (κ3) is 3.31. The molecule has 0 aromatic heterocycles. The lowest BCUT2D eigenvalue weighted by Crippen LogP contribution is -1.92. The molecule has 7 aromatic rings. The standard InChI is InChI=1S/C36H24/c1-2-12-25(13-3-1)29-18-8-9-21-32(29)34-23-11-17-28-24-27-15-5-7-20-31(27)36(35(28)34)33-22-10-16-26-14-4-6-19-30(26)33/h1-24H/i5D,7D,11D,15D,17D,20D,23D,24D. The Morgan fingerprint density at radius 3 is 2.03 bits per heavy atom. The fourth-order valence-corrected chi connectivity index (χ4v) is 5.08. The fourth-order valence-electron chi connectivity index (χ4n) is 5.08. The maximum atomic E-state index is 9.33. The van der Waals surface area contributed by atoms with E-state index in [1.807, 2.05) is 97.1 Å². The number of fused-ring (bicyclic) bond motifs is 3. The minimum Gasteiger partial charge on any atom is -0.0622 e. The van der Waals surface area contributed by atoms with E-state index < -0.39 is 12.1 Å². The third-order valence-electron chi connectivity index (χ3n) is 6.65. The van der Waals surface area contributed by atoms with Crippen molar-refractivity contribution >= 4 is 32.3 Å². The predicted molar refractivity (Wildman–Crippen MR) is 155 cm³/mol. The number of hydrogen-bond donors (Lipinski definition) is 0. The van der Waals surface area contributed by atoms with Crippen LogP contribution >= 0.6 is 0 Å². The minimum atomic E-state index is -0.469. The number of benzene rings is 7. The SMILES string of the molecule is [2H]c1c([2H])c([2H])c2c(-c3cccc4ccccc34)c3c(-c4ccccc4-c4ccccc4)c([2H])c([2H])c([2H])c3c([2H])c2c1[2H]. The molecule has 0 amide bonds. The molecule has 7 rings (SSSR count). The fraction of sp³-hybridized carbons (Fsp3) is 0. The van der Waals surface area contributed by atoms with Crippen molar-refractivity contribution in [3.05, 3.63) is 145 Å². The molecule has 0 unspecified atom stereocenters. The lowest BCUT2D eigenvalue weighted by molar-refractivity contribution is 1.60. The zero-order chi connectivity index (χ0) is 30.9. The molecule has 0 aliphatic carbocycles. The third-order valence-corrected chi connectivity index (χ3v) is 6.65.